The van der Waals surface area contributed by atoms with Gasteiger partial charge in [-0.25, -0.2) is 4.39 Å². The molecule has 2 atom stereocenters. The van der Waals surface area contributed by atoms with Crippen LogP contribution in [0.25, 0.3) is 5.69 Å². The van der Waals surface area contributed by atoms with Crippen LogP contribution in [0.4, 0.5) is 4.39 Å². The first-order chi connectivity index (χ1) is 12.6. The van der Waals surface area contributed by atoms with Crippen molar-refractivity contribution < 1.29 is 13.9 Å². The number of nitrogens with zero attached hydrogens (tertiary/aromatic N) is 3. The van der Waals surface area contributed by atoms with Gasteiger partial charge in [0.1, 0.15) is 11.9 Å². The quantitative estimate of drug-likeness (QED) is 0.783. The molecule has 26 heavy (non-hydrogen) atoms. The summed E-state index contributed by atoms with van der Waals surface area (Å²) in [5, 5.41) is 7.11. The Morgan fingerprint density at radius 2 is 2.15 bits per heavy atom. The highest BCUT2D eigenvalue weighted by molar-refractivity contribution is 5.94. The van der Waals surface area contributed by atoms with Gasteiger partial charge in [0, 0.05) is 43.4 Å². The van der Waals surface area contributed by atoms with E-state index in [0.717, 1.165) is 5.56 Å². The summed E-state index contributed by atoms with van der Waals surface area (Å²) >= 11 is 0. The van der Waals surface area contributed by atoms with Gasteiger partial charge < -0.3 is 14.6 Å². The zero-order valence-corrected chi connectivity index (χ0v) is 14.3. The number of amides is 1. The number of aromatic nitrogens is 3. The summed E-state index contributed by atoms with van der Waals surface area (Å²) in [6, 6.07) is 7.96. The Hall–Kier alpha value is -2.93. The number of rotatable bonds is 4. The van der Waals surface area contributed by atoms with E-state index < -0.39 is 5.82 Å². The van der Waals surface area contributed by atoms with Crippen LogP contribution < -0.4 is 5.32 Å². The molecule has 3 heterocycles. The molecular formula is C19H19FN4O2. The molecule has 0 radical (unpaired) electrons. The van der Waals surface area contributed by atoms with E-state index in [4.69, 9.17) is 4.74 Å². The monoisotopic (exact) mass is 354 g/mol. The molecule has 1 amide bonds. The summed E-state index contributed by atoms with van der Waals surface area (Å²) in [6.45, 7) is 0.561. The Balaban J connectivity index is 1.50. The first-order valence-corrected chi connectivity index (χ1v) is 8.46. The Kier molecular flexibility index (Phi) is 4.30. The van der Waals surface area contributed by atoms with Gasteiger partial charge in [0.25, 0.3) is 5.91 Å². The number of benzene rings is 1. The number of aryl methyl sites for hydroxylation is 1. The second-order valence-corrected chi connectivity index (χ2v) is 6.36. The van der Waals surface area contributed by atoms with Crippen molar-refractivity contribution in [3.63, 3.8) is 0 Å². The molecule has 7 heteroatoms. The van der Waals surface area contributed by atoms with Crippen LogP contribution >= 0.6 is 0 Å². The van der Waals surface area contributed by atoms with Crippen LogP contribution in [0, 0.1) is 5.82 Å². The minimum absolute atomic E-state index is 0.168. The van der Waals surface area contributed by atoms with Gasteiger partial charge in [-0.15, -0.1) is 0 Å². The van der Waals surface area contributed by atoms with Crippen molar-refractivity contribution >= 4 is 5.91 Å². The second-order valence-electron chi connectivity index (χ2n) is 6.36. The summed E-state index contributed by atoms with van der Waals surface area (Å²) in [5.41, 5.74) is 1.61. The summed E-state index contributed by atoms with van der Waals surface area (Å²) < 4.78 is 23.5. The fraction of sp³-hybridized carbons (Fsp3) is 0.263. The van der Waals surface area contributed by atoms with Gasteiger partial charge in [0.05, 0.1) is 17.9 Å². The van der Waals surface area contributed by atoms with Crippen LogP contribution in [0.5, 0.6) is 0 Å². The molecule has 1 N–H and O–H groups in total. The molecule has 0 bridgehead atoms. The first-order valence-electron chi connectivity index (χ1n) is 8.46. The largest absolute Gasteiger partial charge is 0.371 e. The van der Waals surface area contributed by atoms with Crippen LogP contribution in [-0.2, 0) is 11.8 Å². The SMILES string of the molecule is Cn1cc([C@H]2OCC[C@@H]2NC(=O)c2ccc(-n3cccc3)c(F)c2)cn1. The highest BCUT2D eigenvalue weighted by Gasteiger charge is 2.32. The third-order valence-corrected chi connectivity index (χ3v) is 4.55. The molecule has 4 rings (SSSR count). The topological polar surface area (TPSA) is 61.1 Å². The maximum atomic E-state index is 14.4. The molecule has 1 aromatic carbocycles. The fourth-order valence-electron chi connectivity index (χ4n) is 3.26. The van der Waals surface area contributed by atoms with Crippen molar-refractivity contribution in [3.8, 4) is 5.69 Å². The molecule has 0 unspecified atom stereocenters. The fourth-order valence-corrected chi connectivity index (χ4v) is 3.26. The van der Waals surface area contributed by atoms with Gasteiger partial charge in [0.2, 0.25) is 0 Å². The molecular weight excluding hydrogens is 335 g/mol. The number of ether oxygens (including phenoxy) is 1. The van der Waals surface area contributed by atoms with Crippen LogP contribution in [-0.4, -0.2) is 32.9 Å². The predicted octanol–water partition coefficient (Wildman–Crippen LogP) is 2.61. The van der Waals surface area contributed by atoms with Crippen molar-refractivity contribution in [3.05, 3.63) is 72.1 Å². The minimum Gasteiger partial charge on any atom is -0.371 e. The van der Waals surface area contributed by atoms with Gasteiger partial charge >= 0.3 is 0 Å². The first kappa shape index (κ1) is 16.5. The van der Waals surface area contributed by atoms with E-state index in [1.54, 1.807) is 40.0 Å². The van der Waals surface area contributed by atoms with Gasteiger partial charge in [0.15, 0.2) is 0 Å². The average Bonchev–Trinajstić information content (AvgIpc) is 3.36. The average molecular weight is 354 g/mol. The zero-order chi connectivity index (χ0) is 18.1. The summed E-state index contributed by atoms with van der Waals surface area (Å²) in [6.07, 6.45) is 7.59. The predicted molar refractivity (Wildman–Crippen MR) is 93.5 cm³/mol. The van der Waals surface area contributed by atoms with E-state index in [9.17, 15) is 9.18 Å². The molecule has 1 aliphatic heterocycles. The molecule has 3 aromatic rings. The Morgan fingerprint density at radius 1 is 1.35 bits per heavy atom. The summed E-state index contributed by atoms with van der Waals surface area (Å²) in [4.78, 5) is 12.6. The van der Waals surface area contributed by atoms with E-state index in [2.05, 4.69) is 10.4 Å². The normalized spacial score (nSPS) is 19.6. The lowest BCUT2D eigenvalue weighted by Gasteiger charge is -2.19. The van der Waals surface area contributed by atoms with Gasteiger partial charge in [-0.3, -0.25) is 9.48 Å². The highest BCUT2D eigenvalue weighted by Crippen LogP contribution is 2.29. The van der Waals surface area contributed by atoms with Crippen LogP contribution in [0.2, 0.25) is 0 Å². The standard InChI is InChI=1S/C19H19FN4O2/c1-23-12-14(11-21-23)18-16(6-9-26-18)22-19(25)13-4-5-17(15(20)10-13)24-7-2-3-8-24/h2-5,7-8,10-12,16,18H,6,9H2,1H3,(H,22,25)/t16-,18+/m0/s1. The Bertz CT molecular complexity index is 920. The lowest BCUT2D eigenvalue weighted by Crippen LogP contribution is -2.36. The zero-order valence-electron chi connectivity index (χ0n) is 14.3. The van der Waals surface area contributed by atoms with E-state index in [1.165, 1.54) is 6.07 Å². The number of nitrogens with one attached hydrogen (secondary N) is 1. The van der Waals surface area contributed by atoms with Crippen LogP contribution in [0.3, 0.4) is 0 Å². The van der Waals surface area contributed by atoms with Gasteiger partial charge in [-0.1, -0.05) is 0 Å². The Morgan fingerprint density at radius 3 is 2.85 bits per heavy atom. The maximum absolute atomic E-state index is 14.4. The van der Waals surface area contributed by atoms with E-state index in [1.807, 2.05) is 25.4 Å². The molecule has 0 spiro atoms. The molecule has 1 fully saturated rings. The molecule has 6 nitrogen and oxygen atoms in total. The molecule has 134 valence electrons. The Labute approximate surface area is 150 Å². The molecule has 0 saturated carbocycles. The number of carbonyl (C=O) groups excluding carboxylic acids is 1. The molecule has 1 aliphatic rings. The van der Waals surface area contributed by atoms with Gasteiger partial charge in [-0.05, 0) is 36.8 Å². The smallest absolute Gasteiger partial charge is 0.251 e. The lowest BCUT2D eigenvalue weighted by atomic mass is 10.0. The van der Waals surface area contributed by atoms with E-state index in [0.29, 0.717) is 18.7 Å². The third-order valence-electron chi connectivity index (χ3n) is 4.55. The van der Waals surface area contributed by atoms with Crippen molar-refractivity contribution in [2.45, 2.75) is 18.6 Å². The van der Waals surface area contributed by atoms with Crippen LogP contribution in [0.1, 0.15) is 28.4 Å². The molecule has 1 saturated heterocycles. The lowest BCUT2D eigenvalue weighted by molar-refractivity contribution is 0.0821. The number of hydrogen-bond donors (Lipinski definition) is 1. The molecule has 0 aliphatic carbocycles. The van der Waals surface area contributed by atoms with Crippen molar-refractivity contribution in [1.29, 1.82) is 0 Å². The van der Waals surface area contributed by atoms with Crippen molar-refractivity contribution in [2.75, 3.05) is 6.61 Å². The van der Waals surface area contributed by atoms with Crippen LogP contribution in [0.15, 0.2) is 55.1 Å². The van der Waals surface area contributed by atoms with Crippen molar-refractivity contribution in [2.24, 2.45) is 7.05 Å². The summed E-state index contributed by atoms with van der Waals surface area (Å²) in [7, 11) is 1.83. The number of carbonyl (C=O) groups is 1. The minimum atomic E-state index is -0.444. The maximum Gasteiger partial charge on any atom is 0.251 e. The number of hydrogen-bond acceptors (Lipinski definition) is 3. The third kappa shape index (κ3) is 3.13. The van der Waals surface area contributed by atoms with E-state index in [-0.39, 0.29) is 23.6 Å². The van der Waals surface area contributed by atoms with Gasteiger partial charge in [-0.2, -0.15) is 5.10 Å². The molecule has 2 aromatic heterocycles. The van der Waals surface area contributed by atoms with Crippen molar-refractivity contribution in [1.82, 2.24) is 19.7 Å². The highest BCUT2D eigenvalue weighted by atomic mass is 19.1. The summed E-state index contributed by atoms with van der Waals surface area (Å²) in [5.74, 6) is -0.757. The van der Waals surface area contributed by atoms with E-state index >= 15 is 0 Å². The second kappa shape index (κ2) is 6.76. The number of halogens is 1.